The van der Waals surface area contributed by atoms with Crippen molar-refractivity contribution in [2.45, 2.75) is 5.54 Å². The summed E-state index contributed by atoms with van der Waals surface area (Å²) in [6, 6.07) is 6.01. The molecular weight excluding hydrogens is 193 g/mol. The number of halogens is 1. The minimum Gasteiger partial charge on any atom is -0.400 e. The smallest absolute Gasteiger partial charge is 0.123 e. The summed E-state index contributed by atoms with van der Waals surface area (Å²) < 4.78 is 12.8. The molecule has 0 saturated carbocycles. The van der Waals surface area contributed by atoms with Gasteiger partial charge < -0.3 is 11.5 Å². The Hall–Kier alpha value is -1.68. The molecular formula is C11H12FN3. The zero-order valence-electron chi connectivity index (χ0n) is 8.15. The third-order valence-corrected chi connectivity index (χ3v) is 2.57. The van der Waals surface area contributed by atoms with Crippen molar-refractivity contribution in [3.8, 4) is 0 Å². The highest BCUT2D eigenvalue weighted by molar-refractivity contribution is 5.74. The second-order valence-electron chi connectivity index (χ2n) is 3.59. The van der Waals surface area contributed by atoms with Gasteiger partial charge in [0.25, 0.3) is 0 Å². The fourth-order valence-electron chi connectivity index (χ4n) is 1.57. The molecule has 15 heavy (non-hydrogen) atoms. The van der Waals surface area contributed by atoms with Crippen LogP contribution in [-0.2, 0) is 5.54 Å². The Labute approximate surface area is 87.3 Å². The highest BCUT2D eigenvalue weighted by Crippen LogP contribution is 2.25. The Bertz CT molecular complexity index is 422. The summed E-state index contributed by atoms with van der Waals surface area (Å²) in [6.07, 6.45) is 3.30. The van der Waals surface area contributed by atoms with Gasteiger partial charge in [-0.05, 0) is 23.8 Å². The number of nitrogens with two attached hydrogens (primary N) is 2. The fourth-order valence-corrected chi connectivity index (χ4v) is 1.57. The molecule has 0 spiro atoms. The predicted molar refractivity (Wildman–Crippen MR) is 57.9 cm³/mol. The third-order valence-electron chi connectivity index (χ3n) is 2.57. The van der Waals surface area contributed by atoms with E-state index in [9.17, 15) is 4.39 Å². The van der Waals surface area contributed by atoms with Crippen LogP contribution in [0, 0.1) is 5.82 Å². The van der Waals surface area contributed by atoms with E-state index in [1.165, 1.54) is 12.1 Å². The summed E-state index contributed by atoms with van der Waals surface area (Å²) in [6.45, 7) is 0.390. The van der Waals surface area contributed by atoms with Crippen molar-refractivity contribution in [1.29, 1.82) is 0 Å². The number of dihydropyridines is 1. The largest absolute Gasteiger partial charge is 0.400 e. The highest BCUT2D eigenvalue weighted by Gasteiger charge is 2.31. The van der Waals surface area contributed by atoms with Crippen LogP contribution >= 0.6 is 0 Å². The summed E-state index contributed by atoms with van der Waals surface area (Å²) in [5.41, 5.74) is 12.5. The lowest BCUT2D eigenvalue weighted by atomic mass is 9.86. The molecule has 1 aromatic rings. The van der Waals surface area contributed by atoms with Gasteiger partial charge in [0.1, 0.15) is 11.4 Å². The van der Waals surface area contributed by atoms with Crippen LogP contribution in [0.15, 0.2) is 41.0 Å². The number of hydrogen-bond acceptors (Lipinski definition) is 3. The average molecular weight is 205 g/mol. The van der Waals surface area contributed by atoms with Crippen LogP contribution in [0.5, 0.6) is 0 Å². The van der Waals surface area contributed by atoms with Crippen LogP contribution in [0.4, 0.5) is 4.39 Å². The number of hydrogen-bond donors (Lipinski definition) is 2. The normalized spacial score (nSPS) is 25.1. The fraction of sp³-hybridized carbons (Fsp3) is 0.182. The summed E-state index contributed by atoms with van der Waals surface area (Å²) in [5.74, 6) is -0.288. The van der Waals surface area contributed by atoms with Gasteiger partial charge in [0.2, 0.25) is 0 Å². The average Bonchev–Trinajstić information content (AvgIpc) is 2.23. The molecule has 0 radical (unpaired) electrons. The standard InChI is InChI=1S/C11H12FN3/c12-9-3-1-8(2-4-9)11(14)7-15-6-5-10(11)13/h1-6H,7,13-14H2/t11-/m1/s1. The number of allylic oxidation sites excluding steroid dienone is 1. The van der Waals surface area contributed by atoms with E-state index in [4.69, 9.17) is 11.5 Å². The maximum atomic E-state index is 12.8. The molecule has 0 saturated heterocycles. The molecule has 2 rings (SSSR count). The van der Waals surface area contributed by atoms with E-state index in [2.05, 4.69) is 4.99 Å². The van der Waals surface area contributed by atoms with E-state index in [1.54, 1.807) is 24.4 Å². The number of rotatable bonds is 1. The van der Waals surface area contributed by atoms with Gasteiger partial charge in [0.15, 0.2) is 0 Å². The van der Waals surface area contributed by atoms with Crippen molar-refractivity contribution >= 4 is 6.21 Å². The quantitative estimate of drug-likeness (QED) is 0.715. The molecule has 1 heterocycles. The maximum absolute atomic E-state index is 12.8. The Balaban J connectivity index is 2.42. The van der Waals surface area contributed by atoms with Gasteiger partial charge in [-0.3, -0.25) is 4.99 Å². The van der Waals surface area contributed by atoms with Gasteiger partial charge >= 0.3 is 0 Å². The van der Waals surface area contributed by atoms with Gasteiger partial charge in [-0.1, -0.05) is 12.1 Å². The maximum Gasteiger partial charge on any atom is 0.123 e. The summed E-state index contributed by atoms with van der Waals surface area (Å²) in [5, 5.41) is 0. The lowest BCUT2D eigenvalue weighted by Crippen LogP contribution is -2.46. The minimum absolute atomic E-state index is 0.288. The van der Waals surface area contributed by atoms with Gasteiger partial charge in [-0.15, -0.1) is 0 Å². The molecule has 0 amide bonds. The monoisotopic (exact) mass is 205 g/mol. The van der Waals surface area contributed by atoms with Crippen molar-refractivity contribution in [2.24, 2.45) is 16.5 Å². The lowest BCUT2D eigenvalue weighted by molar-refractivity contribution is 0.527. The topological polar surface area (TPSA) is 64.4 Å². The molecule has 0 unspecified atom stereocenters. The second-order valence-corrected chi connectivity index (χ2v) is 3.59. The molecule has 1 aliphatic rings. The highest BCUT2D eigenvalue weighted by atomic mass is 19.1. The molecule has 0 fully saturated rings. The first kappa shape index (κ1) is 9.86. The van der Waals surface area contributed by atoms with Crippen LogP contribution in [0.2, 0.25) is 0 Å². The van der Waals surface area contributed by atoms with Crippen molar-refractivity contribution in [3.05, 3.63) is 47.4 Å². The van der Waals surface area contributed by atoms with Gasteiger partial charge in [-0.2, -0.15) is 0 Å². The van der Waals surface area contributed by atoms with Gasteiger partial charge in [-0.25, -0.2) is 4.39 Å². The molecule has 4 heteroatoms. The van der Waals surface area contributed by atoms with E-state index >= 15 is 0 Å². The second kappa shape index (κ2) is 3.47. The van der Waals surface area contributed by atoms with Crippen molar-refractivity contribution in [2.75, 3.05) is 6.54 Å². The zero-order valence-corrected chi connectivity index (χ0v) is 8.15. The van der Waals surface area contributed by atoms with Gasteiger partial charge in [0.05, 0.1) is 6.54 Å². The molecule has 1 atom stereocenters. The number of aliphatic imine (C=N–C) groups is 1. The SMILES string of the molecule is NC1=CC=NC[C@@]1(N)c1ccc(F)cc1. The van der Waals surface area contributed by atoms with E-state index in [0.29, 0.717) is 12.2 Å². The molecule has 4 N–H and O–H groups in total. The van der Waals surface area contributed by atoms with E-state index < -0.39 is 5.54 Å². The van der Waals surface area contributed by atoms with Crippen molar-refractivity contribution in [1.82, 2.24) is 0 Å². The van der Waals surface area contributed by atoms with Crippen LogP contribution in [0.3, 0.4) is 0 Å². The molecule has 0 aliphatic carbocycles. The Morgan fingerprint density at radius 2 is 1.93 bits per heavy atom. The first-order chi connectivity index (χ1) is 7.13. The molecule has 1 aliphatic heterocycles. The van der Waals surface area contributed by atoms with Crippen LogP contribution in [-0.4, -0.2) is 12.8 Å². The number of benzene rings is 1. The molecule has 1 aromatic carbocycles. The Kier molecular flexibility index (Phi) is 2.28. The van der Waals surface area contributed by atoms with Crippen molar-refractivity contribution in [3.63, 3.8) is 0 Å². The molecule has 0 aromatic heterocycles. The Morgan fingerprint density at radius 3 is 2.53 bits per heavy atom. The summed E-state index contributed by atoms with van der Waals surface area (Å²) >= 11 is 0. The summed E-state index contributed by atoms with van der Waals surface area (Å²) in [7, 11) is 0. The van der Waals surface area contributed by atoms with Gasteiger partial charge in [0, 0.05) is 11.9 Å². The lowest BCUT2D eigenvalue weighted by Gasteiger charge is -2.30. The van der Waals surface area contributed by atoms with Crippen molar-refractivity contribution < 1.29 is 4.39 Å². The van der Waals surface area contributed by atoms with E-state index in [-0.39, 0.29) is 5.82 Å². The molecule has 78 valence electrons. The van der Waals surface area contributed by atoms with Crippen LogP contribution < -0.4 is 11.5 Å². The van der Waals surface area contributed by atoms with E-state index in [1.807, 2.05) is 0 Å². The minimum atomic E-state index is -0.803. The van der Waals surface area contributed by atoms with Crippen LogP contribution in [0.1, 0.15) is 5.56 Å². The molecule has 0 bridgehead atoms. The zero-order chi connectivity index (χ0) is 10.9. The summed E-state index contributed by atoms with van der Waals surface area (Å²) in [4.78, 5) is 4.08. The third kappa shape index (κ3) is 1.64. The predicted octanol–water partition coefficient (Wildman–Crippen LogP) is 0.907. The molecule has 3 nitrogen and oxygen atoms in total. The first-order valence-corrected chi connectivity index (χ1v) is 4.64. The van der Waals surface area contributed by atoms with Crippen LogP contribution in [0.25, 0.3) is 0 Å². The number of nitrogens with zero attached hydrogens (tertiary/aromatic N) is 1. The first-order valence-electron chi connectivity index (χ1n) is 4.64. The van der Waals surface area contributed by atoms with E-state index in [0.717, 1.165) is 5.56 Å². The Morgan fingerprint density at radius 1 is 1.27 bits per heavy atom.